The van der Waals surface area contributed by atoms with Gasteiger partial charge in [-0.15, -0.1) is 0 Å². The molecule has 29 nitrogen and oxygen atoms in total. The smallest absolute Gasteiger partial charge is 0.0701 e. The second-order valence-corrected chi connectivity index (χ2v) is 17.3. The predicted octanol–water partition coefficient (Wildman–Crippen LogP) is 0.0733. The highest BCUT2D eigenvalue weighted by Gasteiger charge is 2.01. The Morgan fingerprint density at radius 1 is 0.116 bits per heavy atom. The summed E-state index contributed by atoms with van der Waals surface area (Å²) in [6, 6.07) is 0. The number of aliphatic hydroxyl groups is 1. The second-order valence-electron chi connectivity index (χ2n) is 17.3. The lowest BCUT2D eigenvalue weighted by Gasteiger charge is -2.09. The molecule has 0 unspecified atom stereocenters. The largest absolute Gasteiger partial charge is 0.394 e. The third kappa shape index (κ3) is 82.8. The van der Waals surface area contributed by atoms with Gasteiger partial charge in [0.05, 0.1) is 370 Å². The number of aliphatic hydroxyl groups excluding tert-OH is 1. The van der Waals surface area contributed by atoms with Crippen LogP contribution in [0.4, 0.5) is 0 Å². The fraction of sp³-hybridized carbons (Fsp3) is 1.00. The molecule has 0 aromatic rings. The molecule has 86 heavy (non-hydrogen) atoms. The zero-order valence-corrected chi connectivity index (χ0v) is 52.5. The maximum atomic E-state index is 8.61. The van der Waals surface area contributed by atoms with Crippen molar-refractivity contribution in [2.24, 2.45) is 0 Å². The Kier molecular flexibility index (Phi) is 82.7. The van der Waals surface area contributed by atoms with Gasteiger partial charge in [0.2, 0.25) is 0 Å². The molecule has 0 saturated carbocycles. The zero-order valence-electron chi connectivity index (χ0n) is 52.5. The molecule has 1 N–H and O–H groups in total. The van der Waals surface area contributed by atoms with Gasteiger partial charge in [-0.1, -0.05) is 0 Å². The molecular formula is C57H116O29. The van der Waals surface area contributed by atoms with E-state index in [1.165, 1.54) is 0 Å². The van der Waals surface area contributed by atoms with Crippen molar-refractivity contribution in [3.05, 3.63) is 0 Å². The molecule has 0 aliphatic carbocycles. The molecule has 0 bridgehead atoms. The number of hydrogen-bond donors (Lipinski definition) is 1. The average Bonchev–Trinajstić information content (AvgIpc) is 3.52. The van der Waals surface area contributed by atoms with E-state index < -0.39 is 0 Å². The first-order valence-electron chi connectivity index (χ1n) is 30.6. The highest BCUT2D eigenvalue weighted by molar-refractivity contribution is 4.44. The molecule has 0 amide bonds. The highest BCUT2D eigenvalue weighted by atomic mass is 16.6. The van der Waals surface area contributed by atoms with E-state index in [4.69, 9.17) is 138 Å². The van der Waals surface area contributed by atoms with Crippen LogP contribution in [-0.2, 0) is 133 Å². The standard InChI is InChI=1S/C57H116O29/c1-59-4-5-61-8-9-63-12-13-65-16-17-67-20-21-69-24-25-71-28-29-73-32-33-75-36-37-77-40-41-79-44-45-81-48-49-83-52-53-85-56-57-86-55-54-84-51-50-82-47-46-80-43-42-78-39-38-76-35-34-74-31-30-72-27-26-70-23-22-68-19-18-66-15-14-64-11-10-62-7-6-60-3-2-58/h58H,2-57H2,1H3. The quantitative estimate of drug-likeness (QED) is 0.0789. The molecule has 0 spiro atoms. The van der Waals surface area contributed by atoms with Crippen molar-refractivity contribution in [3.8, 4) is 0 Å². The third-order valence-electron chi connectivity index (χ3n) is 10.3. The van der Waals surface area contributed by atoms with Crippen molar-refractivity contribution in [2.45, 2.75) is 0 Å². The number of methoxy groups -OCH3 is 1. The Morgan fingerprint density at radius 3 is 0.256 bits per heavy atom. The lowest BCUT2D eigenvalue weighted by atomic mass is 10.6. The van der Waals surface area contributed by atoms with E-state index >= 15 is 0 Å². The monoisotopic (exact) mass is 1260 g/mol. The maximum absolute atomic E-state index is 8.61. The van der Waals surface area contributed by atoms with E-state index in [1.54, 1.807) is 7.11 Å². The summed E-state index contributed by atoms with van der Waals surface area (Å²) in [5.41, 5.74) is 0. The lowest BCUT2D eigenvalue weighted by Crippen LogP contribution is -2.16. The lowest BCUT2D eigenvalue weighted by molar-refractivity contribution is -0.0323. The highest BCUT2D eigenvalue weighted by Crippen LogP contribution is 1.92. The third-order valence-corrected chi connectivity index (χ3v) is 10.3. The fourth-order valence-electron chi connectivity index (χ4n) is 6.03. The Balaban J connectivity index is 3.08. The summed E-state index contributed by atoms with van der Waals surface area (Å²) in [5.74, 6) is 0. The first-order valence-corrected chi connectivity index (χ1v) is 30.6. The SMILES string of the molecule is COCCOCCOCCOCCOCCOCCOCCOCCOCCOCCOCCOCCOCCOCCOCCOCCOCCOCCOCCOCCOCCOCCOCCOCCOCCOCCOCCOCCO. The van der Waals surface area contributed by atoms with Crippen molar-refractivity contribution >= 4 is 0 Å². The van der Waals surface area contributed by atoms with Crippen molar-refractivity contribution in [2.75, 3.05) is 377 Å². The number of ether oxygens (including phenoxy) is 28. The van der Waals surface area contributed by atoms with E-state index in [0.717, 1.165) is 0 Å². The Bertz CT molecular complexity index is 1070. The van der Waals surface area contributed by atoms with Crippen molar-refractivity contribution in [1.29, 1.82) is 0 Å². The van der Waals surface area contributed by atoms with Crippen LogP contribution in [0.3, 0.4) is 0 Å². The zero-order chi connectivity index (χ0) is 61.4. The summed E-state index contributed by atoms with van der Waals surface area (Å²) >= 11 is 0. The van der Waals surface area contributed by atoms with E-state index in [2.05, 4.69) is 0 Å². The van der Waals surface area contributed by atoms with Gasteiger partial charge in [-0.3, -0.25) is 0 Å². The van der Waals surface area contributed by atoms with Gasteiger partial charge in [-0.2, -0.15) is 0 Å². The summed E-state index contributed by atoms with van der Waals surface area (Å²) in [5, 5.41) is 8.61. The van der Waals surface area contributed by atoms with E-state index in [-0.39, 0.29) is 6.61 Å². The summed E-state index contributed by atoms with van der Waals surface area (Å²) in [7, 11) is 1.64. The first-order chi connectivity index (χ1) is 42.9. The normalized spacial score (nSPS) is 11.8. The van der Waals surface area contributed by atoms with Gasteiger partial charge < -0.3 is 138 Å². The van der Waals surface area contributed by atoms with Crippen LogP contribution in [0.5, 0.6) is 0 Å². The van der Waals surface area contributed by atoms with Crippen LogP contribution < -0.4 is 0 Å². The number of rotatable bonds is 83. The molecule has 0 fully saturated rings. The Morgan fingerprint density at radius 2 is 0.186 bits per heavy atom. The number of hydrogen-bond acceptors (Lipinski definition) is 29. The molecule has 0 heterocycles. The average molecular weight is 1270 g/mol. The molecule has 29 heteroatoms. The summed E-state index contributed by atoms with van der Waals surface area (Å²) < 4.78 is 153. The van der Waals surface area contributed by atoms with E-state index in [9.17, 15) is 0 Å². The minimum Gasteiger partial charge on any atom is -0.394 e. The molecule has 518 valence electrons. The molecule has 0 atom stereocenters. The van der Waals surface area contributed by atoms with Gasteiger partial charge in [0, 0.05) is 7.11 Å². The van der Waals surface area contributed by atoms with Crippen LogP contribution in [0.25, 0.3) is 0 Å². The molecule has 0 aromatic carbocycles. The maximum Gasteiger partial charge on any atom is 0.0701 e. The summed E-state index contributed by atoms with van der Waals surface area (Å²) in [4.78, 5) is 0. The molecule has 0 rings (SSSR count). The van der Waals surface area contributed by atoms with Gasteiger partial charge >= 0.3 is 0 Å². The minimum atomic E-state index is 0.0172. The topological polar surface area (TPSA) is 279 Å². The van der Waals surface area contributed by atoms with Gasteiger partial charge in [-0.25, -0.2) is 0 Å². The summed E-state index contributed by atoms with van der Waals surface area (Å²) in [6.07, 6.45) is 0. The van der Waals surface area contributed by atoms with Gasteiger partial charge in [0.1, 0.15) is 0 Å². The van der Waals surface area contributed by atoms with Crippen LogP contribution in [-0.4, -0.2) is 382 Å². The van der Waals surface area contributed by atoms with Gasteiger partial charge in [-0.05, 0) is 0 Å². The van der Waals surface area contributed by atoms with Crippen molar-refractivity contribution in [1.82, 2.24) is 0 Å². The van der Waals surface area contributed by atoms with Gasteiger partial charge in [0.25, 0.3) is 0 Å². The molecule has 0 aliphatic rings. The first kappa shape index (κ1) is 84.8. The van der Waals surface area contributed by atoms with Crippen molar-refractivity contribution < 1.29 is 138 Å². The van der Waals surface area contributed by atoms with Crippen LogP contribution >= 0.6 is 0 Å². The van der Waals surface area contributed by atoms with Crippen LogP contribution in [0.1, 0.15) is 0 Å². The Hall–Kier alpha value is -1.16. The Labute approximate surface area is 513 Å². The van der Waals surface area contributed by atoms with Gasteiger partial charge in [0.15, 0.2) is 0 Å². The van der Waals surface area contributed by atoms with E-state index in [1.807, 2.05) is 0 Å². The van der Waals surface area contributed by atoms with Crippen LogP contribution in [0, 0.1) is 0 Å². The molecule has 0 aliphatic heterocycles. The van der Waals surface area contributed by atoms with Crippen molar-refractivity contribution in [3.63, 3.8) is 0 Å². The summed E-state index contributed by atoms with van der Waals surface area (Å²) in [6.45, 7) is 27.0. The fourth-order valence-corrected chi connectivity index (χ4v) is 6.03. The molecule has 0 aromatic heterocycles. The van der Waals surface area contributed by atoms with E-state index in [0.29, 0.717) is 363 Å². The molecule has 0 radical (unpaired) electrons. The second kappa shape index (κ2) is 83.8. The predicted molar refractivity (Wildman–Crippen MR) is 311 cm³/mol. The van der Waals surface area contributed by atoms with Crippen LogP contribution in [0.2, 0.25) is 0 Å². The van der Waals surface area contributed by atoms with Crippen LogP contribution in [0.15, 0.2) is 0 Å². The molecule has 0 saturated heterocycles. The molecular weight excluding hydrogens is 1150 g/mol. The minimum absolute atomic E-state index is 0.0172.